The van der Waals surface area contributed by atoms with E-state index >= 15 is 0 Å². The quantitative estimate of drug-likeness (QED) is 0.294. The highest BCUT2D eigenvalue weighted by Gasteiger charge is 2.31. The molecular formula is C28H28. The van der Waals surface area contributed by atoms with Crippen molar-refractivity contribution in [2.75, 3.05) is 0 Å². The molecule has 0 aromatic heterocycles. The number of rotatable bonds is 2. The van der Waals surface area contributed by atoms with Gasteiger partial charge in [0.2, 0.25) is 0 Å². The van der Waals surface area contributed by atoms with E-state index in [0.29, 0.717) is 11.8 Å². The van der Waals surface area contributed by atoms with Crippen molar-refractivity contribution >= 4 is 21.5 Å². The summed E-state index contributed by atoms with van der Waals surface area (Å²) in [6.45, 7) is 13.8. The molecule has 0 unspecified atom stereocenters. The monoisotopic (exact) mass is 364 g/mol. The van der Waals surface area contributed by atoms with E-state index in [1.54, 1.807) is 0 Å². The van der Waals surface area contributed by atoms with Crippen LogP contribution in [-0.4, -0.2) is 0 Å². The molecule has 1 aliphatic rings. The largest absolute Gasteiger partial charge is 0.0610 e. The lowest BCUT2D eigenvalue weighted by atomic mass is 9.80. The highest BCUT2D eigenvalue weighted by atomic mass is 14.3. The lowest BCUT2D eigenvalue weighted by Crippen LogP contribution is -2.01. The number of hydrogen-bond donors (Lipinski definition) is 0. The van der Waals surface area contributed by atoms with Gasteiger partial charge in [-0.05, 0) is 86.2 Å². The molecule has 0 amide bonds. The smallest absolute Gasteiger partial charge is 0.00235 e. The molecule has 5 rings (SSSR count). The fraction of sp³-hybridized carbons (Fsp3) is 0.286. The van der Waals surface area contributed by atoms with Crippen LogP contribution in [-0.2, 0) is 0 Å². The average Bonchev–Trinajstić information content (AvgIpc) is 2.97. The Hall–Kier alpha value is -2.60. The van der Waals surface area contributed by atoms with Crippen LogP contribution in [0.15, 0.2) is 48.5 Å². The normalized spacial score (nSPS) is 12.6. The molecule has 4 aromatic carbocycles. The van der Waals surface area contributed by atoms with E-state index in [1.807, 2.05) is 0 Å². The molecule has 0 fully saturated rings. The molecule has 0 nitrogen and oxygen atoms in total. The second-order valence-electron chi connectivity index (χ2n) is 9.09. The third kappa shape index (κ3) is 2.18. The SMILES string of the molecule is Cc1ccc2c(C(C)C)c3c(c(C(C)C)c2c1)-c1cccc2c(C)ccc-3c12. The van der Waals surface area contributed by atoms with Crippen LogP contribution in [0.3, 0.4) is 0 Å². The van der Waals surface area contributed by atoms with Gasteiger partial charge in [0.1, 0.15) is 0 Å². The average molecular weight is 365 g/mol. The van der Waals surface area contributed by atoms with Crippen LogP contribution < -0.4 is 0 Å². The van der Waals surface area contributed by atoms with E-state index in [-0.39, 0.29) is 0 Å². The van der Waals surface area contributed by atoms with Gasteiger partial charge in [0.05, 0.1) is 0 Å². The highest BCUT2D eigenvalue weighted by Crippen LogP contribution is 2.55. The molecule has 0 heterocycles. The molecule has 0 aliphatic heterocycles. The van der Waals surface area contributed by atoms with Gasteiger partial charge >= 0.3 is 0 Å². The molecule has 0 spiro atoms. The first-order valence-electron chi connectivity index (χ1n) is 10.5. The van der Waals surface area contributed by atoms with Crippen LogP contribution in [0, 0.1) is 13.8 Å². The van der Waals surface area contributed by atoms with E-state index in [0.717, 1.165) is 0 Å². The van der Waals surface area contributed by atoms with E-state index in [1.165, 1.54) is 66.1 Å². The van der Waals surface area contributed by atoms with E-state index in [9.17, 15) is 0 Å². The van der Waals surface area contributed by atoms with E-state index < -0.39 is 0 Å². The van der Waals surface area contributed by atoms with Crippen LogP contribution in [0.25, 0.3) is 43.8 Å². The topological polar surface area (TPSA) is 0 Å². The van der Waals surface area contributed by atoms with Crippen molar-refractivity contribution in [1.29, 1.82) is 0 Å². The van der Waals surface area contributed by atoms with Gasteiger partial charge in [0.15, 0.2) is 0 Å². The molecule has 0 atom stereocenters. The first kappa shape index (κ1) is 17.5. The van der Waals surface area contributed by atoms with Crippen LogP contribution in [0.2, 0.25) is 0 Å². The minimum absolute atomic E-state index is 0.477. The standard InChI is InChI=1S/C28H28/c1-15(2)24-20-12-10-17(5)14-23(20)25(16(3)4)27-21-9-7-8-19-18(6)11-13-22(26(19)21)28(24)27/h7-16H,1-6H3. The number of benzene rings is 4. The summed E-state index contributed by atoms with van der Waals surface area (Å²) in [6.07, 6.45) is 0. The van der Waals surface area contributed by atoms with Crippen molar-refractivity contribution in [1.82, 2.24) is 0 Å². The van der Waals surface area contributed by atoms with Crippen LogP contribution in [0.4, 0.5) is 0 Å². The van der Waals surface area contributed by atoms with Gasteiger partial charge in [-0.2, -0.15) is 0 Å². The minimum Gasteiger partial charge on any atom is -0.0610 e. The Morgan fingerprint density at radius 1 is 0.607 bits per heavy atom. The Bertz CT molecular complexity index is 1270. The van der Waals surface area contributed by atoms with E-state index in [2.05, 4.69) is 90.1 Å². The molecule has 0 saturated heterocycles. The highest BCUT2D eigenvalue weighted by molar-refractivity contribution is 6.20. The molecular weight excluding hydrogens is 336 g/mol. The van der Waals surface area contributed by atoms with Gasteiger partial charge in [-0.15, -0.1) is 0 Å². The first-order chi connectivity index (χ1) is 13.4. The Morgan fingerprint density at radius 3 is 1.93 bits per heavy atom. The van der Waals surface area contributed by atoms with Crippen molar-refractivity contribution in [2.45, 2.75) is 53.4 Å². The Kier molecular flexibility index (Phi) is 3.72. The Labute approximate surface area is 168 Å². The van der Waals surface area contributed by atoms with Gasteiger partial charge in [0, 0.05) is 0 Å². The van der Waals surface area contributed by atoms with E-state index in [4.69, 9.17) is 0 Å². The maximum absolute atomic E-state index is 2.41. The Balaban J connectivity index is 2.10. The molecule has 1 aliphatic carbocycles. The minimum atomic E-state index is 0.477. The number of aryl methyl sites for hydroxylation is 2. The molecule has 0 bridgehead atoms. The van der Waals surface area contributed by atoms with Gasteiger partial charge in [0.25, 0.3) is 0 Å². The zero-order valence-corrected chi connectivity index (χ0v) is 17.8. The third-order valence-corrected chi connectivity index (χ3v) is 6.50. The summed E-state index contributed by atoms with van der Waals surface area (Å²) >= 11 is 0. The van der Waals surface area contributed by atoms with Crippen molar-refractivity contribution in [3.63, 3.8) is 0 Å². The van der Waals surface area contributed by atoms with Crippen molar-refractivity contribution in [3.8, 4) is 22.3 Å². The summed E-state index contributed by atoms with van der Waals surface area (Å²) in [4.78, 5) is 0. The summed E-state index contributed by atoms with van der Waals surface area (Å²) in [6, 6.07) is 18.6. The summed E-state index contributed by atoms with van der Waals surface area (Å²) in [5.74, 6) is 0.954. The van der Waals surface area contributed by atoms with Gasteiger partial charge < -0.3 is 0 Å². The molecule has 0 saturated carbocycles. The lowest BCUT2D eigenvalue weighted by Gasteiger charge is -2.23. The van der Waals surface area contributed by atoms with Crippen molar-refractivity contribution in [3.05, 3.63) is 70.8 Å². The summed E-state index contributed by atoms with van der Waals surface area (Å²) < 4.78 is 0. The Morgan fingerprint density at radius 2 is 1.25 bits per heavy atom. The maximum atomic E-state index is 2.41. The molecule has 0 radical (unpaired) electrons. The summed E-state index contributed by atoms with van der Waals surface area (Å²) in [5, 5.41) is 5.73. The summed E-state index contributed by atoms with van der Waals surface area (Å²) in [5.41, 5.74) is 11.6. The molecule has 0 N–H and O–H groups in total. The summed E-state index contributed by atoms with van der Waals surface area (Å²) in [7, 11) is 0. The van der Waals surface area contributed by atoms with Gasteiger partial charge in [-0.25, -0.2) is 0 Å². The second kappa shape index (κ2) is 5.95. The molecule has 4 aromatic rings. The zero-order valence-electron chi connectivity index (χ0n) is 17.8. The first-order valence-corrected chi connectivity index (χ1v) is 10.5. The van der Waals surface area contributed by atoms with Crippen molar-refractivity contribution < 1.29 is 0 Å². The van der Waals surface area contributed by atoms with Gasteiger partial charge in [-0.3, -0.25) is 0 Å². The molecule has 0 heteroatoms. The van der Waals surface area contributed by atoms with Crippen LogP contribution >= 0.6 is 0 Å². The molecule has 140 valence electrons. The predicted octanol–water partition coefficient (Wildman–Crippen LogP) is 8.50. The maximum Gasteiger partial charge on any atom is -0.00235 e. The second-order valence-corrected chi connectivity index (χ2v) is 9.09. The fourth-order valence-corrected chi connectivity index (χ4v) is 5.38. The predicted molar refractivity (Wildman–Crippen MR) is 124 cm³/mol. The fourth-order valence-electron chi connectivity index (χ4n) is 5.38. The number of fused-ring (bicyclic) bond motifs is 4. The zero-order chi connectivity index (χ0) is 19.7. The van der Waals surface area contributed by atoms with Crippen LogP contribution in [0.1, 0.15) is 61.8 Å². The molecule has 28 heavy (non-hydrogen) atoms. The number of hydrogen-bond acceptors (Lipinski definition) is 0. The van der Waals surface area contributed by atoms with Crippen LogP contribution in [0.5, 0.6) is 0 Å². The van der Waals surface area contributed by atoms with Crippen molar-refractivity contribution in [2.24, 2.45) is 0 Å². The lowest BCUT2D eigenvalue weighted by molar-refractivity contribution is 0.864. The third-order valence-electron chi connectivity index (χ3n) is 6.50. The van der Waals surface area contributed by atoms with Gasteiger partial charge in [-0.1, -0.05) is 81.8 Å².